The number of piperazine rings is 1. The zero-order valence-electron chi connectivity index (χ0n) is 20.6. The molecule has 0 saturated carbocycles. The summed E-state index contributed by atoms with van der Waals surface area (Å²) in [5, 5.41) is 0. The van der Waals surface area contributed by atoms with Gasteiger partial charge in [0.1, 0.15) is 5.82 Å². The van der Waals surface area contributed by atoms with Gasteiger partial charge in [-0.2, -0.15) is 0 Å². The number of carbonyl (C=O) groups is 3. The van der Waals surface area contributed by atoms with Crippen molar-refractivity contribution in [3.8, 4) is 0 Å². The van der Waals surface area contributed by atoms with Crippen molar-refractivity contribution in [2.75, 3.05) is 53.9 Å². The molecule has 7 nitrogen and oxygen atoms in total. The largest absolute Gasteiger partial charge is 0.339 e. The average molecular weight is 481 g/mol. The predicted octanol–water partition coefficient (Wildman–Crippen LogP) is 2.29. The van der Waals surface area contributed by atoms with Crippen LogP contribution in [0.2, 0.25) is 0 Å². The van der Waals surface area contributed by atoms with E-state index in [1.807, 2.05) is 56.4 Å². The minimum Gasteiger partial charge on any atom is -0.339 e. The molecule has 186 valence electrons. The second-order valence-corrected chi connectivity index (χ2v) is 9.82. The summed E-state index contributed by atoms with van der Waals surface area (Å²) in [5.41, 5.74) is -0.302. The predicted molar refractivity (Wildman–Crippen MR) is 131 cm³/mol. The zero-order valence-corrected chi connectivity index (χ0v) is 20.6. The van der Waals surface area contributed by atoms with Gasteiger partial charge in [-0.1, -0.05) is 48.5 Å². The Bertz CT molecular complexity index is 1090. The average Bonchev–Trinajstić information content (AvgIpc) is 3.08. The van der Waals surface area contributed by atoms with Crippen molar-refractivity contribution in [1.29, 1.82) is 0 Å². The first kappa shape index (κ1) is 25.0. The van der Waals surface area contributed by atoms with E-state index in [9.17, 15) is 14.4 Å². The van der Waals surface area contributed by atoms with E-state index in [2.05, 4.69) is 4.90 Å². The number of hydrogen-bond acceptors (Lipinski definition) is 5. The Kier molecular flexibility index (Phi) is 7.33. The fourth-order valence-electron chi connectivity index (χ4n) is 5.13. The van der Waals surface area contributed by atoms with Gasteiger partial charge in [-0.15, -0.1) is 0 Å². The third-order valence-electron chi connectivity index (χ3n) is 7.21. The molecule has 2 aromatic carbocycles. The smallest absolute Gasteiger partial charge is 0.241 e. The lowest BCUT2D eigenvalue weighted by Gasteiger charge is -2.41. The van der Waals surface area contributed by atoms with Gasteiger partial charge in [-0.25, -0.2) is 4.39 Å². The minimum atomic E-state index is -1.53. The summed E-state index contributed by atoms with van der Waals surface area (Å²) in [6, 6.07) is 16.0. The molecule has 4 rings (SSSR count). The van der Waals surface area contributed by atoms with Gasteiger partial charge < -0.3 is 9.80 Å². The SMILES string of the molecule is CN(C)CCN1C(=O)C[C@](CC(=O)N2CCN(C)[C@@H](c3ccccc3)C2)(c2ccccc2F)C1=O. The molecule has 2 saturated heterocycles. The number of carbonyl (C=O) groups excluding carboxylic acids is 3. The fraction of sp³-hybridized carbons (Fsp3) is 0.444. The molecule has 8 heteroatoms. The van der Waals surface area contributed by atoms with Crippen LogP contribution in [0.5, 0.6) is 0 Å². The van der Waals surface area contributed by atoms with Crippen LogP contribution in [-0.2, 0) is 19.8 Å². The molecular formula is C27H33FN4O3. The van der Waals surface area contributed by atoms with E-state index in [1.54, 1.807) is 17.0 Å². The Morgan fingerprint density at radius 2 is 1.74 bits per heavy atom. The minimum absolute atomic E-state index is 0.0239. The Hall–Kier alpha value is -3.10. The highest BCUT2D eigenvalue weighted by Gasteiger charge is 2.55. The highest BCUT2D eigenvalue weighted by Crippen LogP contribution is 2.41. The molecule has 0 spiro atoms. The first-order valence-electron chi connectivity index (χ1n) is 12.0. The van der Waals surface area contributed by atoms with Crippen LogP contribution >= 0.6 is 0 Å². The quantitative estimate of drug-likeness (QED) is 0.569. The number of nitrogens with zero attached hydrogens (tertiary/aromatic N) is 4. The third kappa shape index (κ3) is 4.99. The first-order chi connectivity index (χ1) is 16.7. The number of halogens is 1. The number of rotatable bonds is 7. The fourth-order valence-corrected chi connectivity index (χ4v) is 5.13. The summed E-state index contributed by atoms with van der Waals surface area (Å²) in [6.45, 7) is 2.37. The molecule has 2 aliphatic rings. The van der Waals surface area contributed by atoms with Crippen molar-refractivity contribution in [3.63, 3.8) is 0 Å². The maximum absolute atomic E-state index is 15.0. The lowest BCUT2D eigenvalue weighted by atomic mass is 9.75. The number of likely N-dealkylation sites (N-methyl/N-ethyl adjacent to an activating group) is 2. The van der Waals surface area contributed by atoms with E-state index >= 15 is 4.39 Å². The number of amides is 3. The second kappa shape index (κ2) is 10.3. The summed E-state index contributed by atoms with van der Waals surface area (Å²) in [7, 11) is 5.74. The monoisotopic (exact) mass is 480 g/mol. The lowest BCUT2D eigenvalue weighted by molar-refractivity contribution is -0.143. The summed E-state index contributed by atoms with van der Waals surface area (Å²) < 4.78 is 15.0. The van der Waals surface area contributed by atoms with Crippen LogP contribution in [0.1, 0.15) is 30.0 Å². The van der Waals surface area contributed by atoms with Gasteiger partial charge >= 0.3 is 0 Å². The van der Waals surface area contributed by atoms with Gasteiger partial charge in [0.2, 0.25) is 17.7 Å². The molecule has 0 bridgehead atoms. The first-order valence-corrected chi connectivity index (χ1v) is 12.0. The van der Waals surface area contributed by atoms with E-state index in [4.69, 9.17) is 0 Å². The van der Waals surface area contributed by atoms with E-state index in [1.165, 1.54) is 17.0 Å². The molecule has 2 fully saturated rings. The Morgan fingerprint density at radius 1 is 1.06 bits per heavy atom. The topological polar surface area (TPSA) is 64.2 Å². The van der Waals surface area contributed by atoms with Crippen LogP contribution in [0.25, 0.3) is 0 Å². The molecule has 2 aliphatic heterocycles. The number of imide groups is 1. The van der Waals surface area contributed by atoms with Crippen LogP contribution in [0.3, 0.4) is 0 Å². The molecule has 0 aliphatic carbocycles. The van der Waals surface area contributed by atoms with E-state index < -0.39 is 17.1 Å². The van der Waals surface area contributed by atoms with Crippen LogP contribution in [0, 0.1) is 5.82 Å². The molecule has 2 atom stereocenters. The van der Waals surface area contributed by atoms with Gasteiger partial charge in [0.15, 0.2) is 0 Å². The van der Waals surface area contributed by atoms with Crippen molar-refractivity contribution in [1.82, 2.24) is 19.6 Å². The molecule has 2 heterocycles. The van der Waals surface area contributed by atoms with E-state index in [0.29, 0.717) is 26.2 Å². The molecular weight excluding hydrogens is 447 g/mol. The van der Waals surface area contributed by atoms with Crippen molar-refractivity contribution in [3.05, 3.63) is 71.5 Å². The van der Waals surface area contributed by atoms with Gasteiger partial charge in [0.05, 0.1) is 11.5 Å². The maximum atomic E-state index is 15.0. The van der Waals surface area contributed by atoms with Crippen molar-refractivity contribution in [2.45, 2.75) is 24.3 Å². The third-order valence-corrected chi connectivity index (χ3v) is 7.21. The summed E-state index contributed by atoms with van der Waals surface area (Å²) in [6.07, 6.45) is -0.440. The van der Waals surface area contributed by atoms with Gasteiger partial charge in [-0.3, -0.25) is 24.2 Å². The van der Waals surface area contributed by atoms with E-state index in [0.717, 1.165) is 5.56 Å². The molecule has 0 N–H and O–H groups in total. The lowest BCUT2D eigenvalue weighted by Crippen LogP contribution is -2.51. The van der Waals surface area contributed by atoms with E-state index in [-0.39, 0.29) is 42.8 Å². The standard InChI is InChI=1S/C27H33FN4O3/c1-29(2)13-16-32-25(34)18-27(26(32)35,21-11-7-8-12-22(21)28)17-24(33)31-15-14-30(3)23(19-31)20-9-5-4-6-10-20/h4-12,23H,13-19H2,1-3H3/t23-,27-/m1/s1. The molecule has 2 aromatic rings. The molecule has 0 unspecified atom stereocenters. The molecule has 0 radical (unpaired) electrons. The zero-order chi connectivity index (χ0) is 25.2. The highest BCUT2D eigenvalue weighted by atomic mass is 19.1. The van der Waals surface area contributed by atoms with Gasteiger partial charge in [0, 0.05) is 51.1 Å². The maximum Gasteiger partial charge on any atom is 0.241 e. The van der Waals surface area contributed by atoms with Crippen LogP contribution in [0.4, 0.5) is 4.39 Å². The summed E-state index contributed by atoms with van der Waals surface area (Å²) in [4.78, 5) is 47.3. The second-order valence-electron chi connectivity index (χ2n) is 9.82. The molecule has 35 heavy (non-hydrogen) atoms. The van der Waals surface area contributed by atoms with Gasteiger partial charge in [-0.05, 0) is 32.8 Å². The molecule has 0 aromatic heterocycles. The van der Waals surface area contributed by atoms with Crippen molar-refractivity contribution < 1.29 is 18.8 Å². The van der Waals surface area contributed by atoms with Crippen LogP contribution in [-0.4, -0.2) is 91.2 Å². The summed E-state index contributed by atoms with van der Waals surface area (Å²) in [5.74, 6) is -1.67. The number of hydrogen-bond donors (Lipinski definition) is 0. The molecule has 3 amide bonds. The normalized spacial score (nSPS) is 23.4. The Morgan fingerprint density at radius 3 is 2.43 bits per heavy atom. The Labute approximate surface area is 206 Å². The van der Waals surface area contributed by atoms with Crippen LogP contribution < -0.4 is 0 Å². The number of likely N-dealkylation sites (tertiary alicyclic amines) is 1. The summed E-state index contributed by atoms with van der Waals surface area (Å²) >= 11 is 0. The van der Waals surface area contributed by atoms with Crippen molar-refractivity contribution >= 4 is 17.7 Å². The van der Waals surface area contributed by atoms with Crippen molar-refractivity contribution in [2.24, 2.45) is 0 Å². The number of benzene rings is 2. The Balaban J connectivity index is 1.62. The highest BCUT2D eigenvalue weighted by molar-refractivity contribution is 6.10. The van der Waals surface area contributed by atoms with Crippen LogP contribution in [0.15, 0.2) is 54.6 Å². The van der Waals surface area contributed by atoms with Gasteiger partial charge in [0.25, 0.3) is 0 Å².